The van der Waals surface area contributed by atoms with Gasteiger partial charge in [0.05, 0.1) is 5.41 Å². The monoisotopic (exact) mass is 258 g/mol. The number of carbonyl (C=O) groups is 2. The standard InChI is InChI=1S/C15H18N2O2/c1-3-13(18)17-9-8-15(10-17)11-6-4-5-7-12(11)16(2)14(15)19/h4-7H,3,8-10H2,1-2H3. The summed E-state index contributed by atoms with van der Waals surface area (Å²) < 4.78 is 0. The third-order valence-corrected chi connectivity index (χ3v) is 4.42. The zero-order chi connectivity index (χ0) is 13.6. The molecule has 0 bridgehead atoms. The summed E-state index contributed by atoms with van der Waals surface area (Å²) in [6.45, 7) is 3.07. The van der Waals surface area contributed by atoms with E-state index in [1.165, 1.54) is 0 Å². The van der Waals surface area contributed by atoms with Gasteiger partial charge in [-0.05, 0) is 18.1 Å². The minimum atomic E-state index is -0.504. The van der Waals surface area contributed by atoms with Gasteiger partial charge in [-0.1, -0.05) is 25.1 Å². The van der Waals surface area contributed by atoms with E-state index in [9.17, 15) is 9.59 Å². The van der Waals surface area contributed by atoms with E-state index in [2.05, 4.69) is 0 Å². The molecule has 19 heavy (non-hydrogen) atoms. The zero-order valence-electron chi connectivity index (χ0n) is 11.3. The third-order valence-electron chi connectivity index (χ3n) is 4.42. The van der Waals surface area contributed by atoms with Crippen molar-refractivity contribution < 1.29 is 9.59 Å². The smallest absolute Gasteiger partial charge is 0.239 e. The van der Waals surface area contributed by atoms with Crippen LogP contribution in [-0.2, 0) is 15.0 Å². The average molecular weight is 258 g/mol. The van der Waals surface area contributed by atoms with Gasteiger partial charge in [0.15, 0.2) is 0 Å². The molecule has 2 aliphatic rings. The summed E-state index contributed by atoms with van der Waals surface area (Å²) in [6, 6.07) is 7.92. The van der Waals surface area contributed by atoms with Crippen LogP contribution in [0.3, 0.4) is 0 Å². The van der Waals surface area contributed by atoms with Crippen molar-refractivity contribution in [3.63, 3.8) is 0 Å². The highest BCUT2D eigenvalue weighted by Gasteiger charge is 2.53. The Bertz CT molecular complexity index is 555. The molecule has 0 N–H and O–H groups in total. The van der Waals surface area contributed by atoms with Gasteiger partial charge < -0.3 is 9.80 Å². The van der Waals surface area contributed by atoms with Crippen molar-refractivity contribution >= 4 is 17.5 Å². The van der Waals surface area contributed by atoms with E-state index in [1.54, 1.807) is 4.90 Å². The first-order valence-electron chi connectivity index (χ1n) is 6.75. The van der Waals surface area contributed by atoms with Gasteiger partial charge in [0, 0.05) is 32.2 Å². The Balaban J connectivity index is 2.02. The molecule has 1 fully saturated rings. The highest BCUT2D eigenvalue weighted by Crippen LogP contribution is 2.46. The second-order valence-electron chi connectivity index (χ2n) is 5.38. The fraction of sp³-hybridized carbons (Fsp3) is 0.467. The van der Waals surface area contributed by atoms with Crippen LogP contribution in [0.5, 0.6) is 0 Å². The van der Waals surface area contributed by atoms with Crippen molar-refractivity contribution in [3.8, 4) is 0 Å². The highest BCUT2D eigenvalue weighted by atomic mass is 16.2. The molecule has 2 aliphatic heterocycles. The fourth-order valence-electron chi connectivity index (χ4n) is 3.36. The number of likely N-dealkylation sites (N-methyl/N-ethyl adjacent to an activating group) is 1. The molecular weight excluding hydrogens is 240 g/mol. The van der Waals surface area contributed by atoms with Crippen LogP contribution in [0.1, 0.15) is 25.3 Å². The summed E-state index contributed by atoms with van der Waals surface area (Å²) in [7, 11) is 1.82. The van der Waals surface area contributed by atoms with Crippen LogP contribution < -0.4 is 4.90 Å². The molecule has 1 unspecified atom stereocenters. The Morgan fingerprint density at radius 2 is 2.11 bits per heavy atom. The van der Waals surface area contributed by atoms with Crippen molar-refractivity contribution in [1.82, 2.24) is 4.90 Å². The lowest BCUT2D eigenvalue weighted by molar-refractivity contribution is -0.130. The number of amides is 2. The van der Waals surface area contributed by atoms with E-state index < -0.39 is 5.41 Å². The zero-order valence-corrected chi connectivity index (χ0v) is 11.3. The number of likely N-dealkylation sites (tertiary alicyclic amines) is 1. The van der Waals surface area contributed by atoms with Crippen LogP contribution in [0, 0.1) is 0 Å². The lowest BCUT2D eigenvalue weighted by Gasteiger charge is -2.23. The van der Waals surface area contributed by atoms with Gasteiger partial charge >= 0.3 is 0 Å². The molecule has 0 radical (unpaired) electrons. The van der Waals surface area contributed by atoms with Crippen LogP contribution in [-0.4, -0.2) is 36.9 Å². The molecule has 1 aromatic rings. The number of para-hydroxylation sites is 1. The van der Waals surface area contributed by atoms with E-state index in [0.717, 1.165) is 17.7 Å². The molecular formula is C15H18N2O2. The maximum atomic E-state index is 12.6. The molecule has 4 heteroatoms. The van der Waals surface area contributed by atoms with Gasteiger partial charge in [-0.3, -0.25) is 9.59 Å². The average Bonchev–Trinajstić information content (AvgIpc) is 2.98. The highest BCUT2D eigenvalue weighted by molar-refractivity contribution is 6.08. The molecule has 2 heterocycles. The molecule has 1 saturated heterocycles. The Morgan fingerprint density at radius 1 is 1.37 bits per heavy atom. The number of carbonyl (C=O) groups excluding carboxylic acids is 2. The maximum Gasteiger partial charge on any atom is 0.239 e. The number of rotatable bonds is 1. The molecule has 1 aromatic carbocycles. The van der Waals surface area contributed by atoms with E-state index in [0.29, 0.717) is 19.5 Å². The first-order chi connectivity index (χ1) is 9.10. The van der Waals surface area contributed by atoms with Crippen molar-refractivity contribution in [3.05, 3.63) is 29.8 Å². The SMILES string of the molecule is CCC(=O)N1CCC2(C1)C(=O)N(C)c1ccccc12. The molecule has 4 nitrogen and oxygen atoms in total. The molecule has 0 aromatic heterocycles. The molecule has 0 saturated carbocycles. The predicted molar refractivity (Wildman–Crippen MR) is 73.0 cm³/mol. The van der Waals surface area contributed by atoms with Crippen molar-refractivity contribution in [2.24, 2.45) is 0 Å². The van der Waals surface area contributed by atoms with Crippen molar-refractivity contribution in [1.29, 1.82) is 0 Å². The second-order valence-corrected chi connectivity index (χ2v) is 5.38. The number of nitrogens with zero attached hydrogens (tertiary/aromatic N) is 2. The summed E-state index contributed by atoms with van der Waals surface area (Å²) in [5, 5.41) is 0. The van der Waals surface area contributed by atoms with Gasteiger partial charge in [0.1, 0.15) is 0 Å². The fourth-order valence-corrected chi connectivity index (χ4v) is 3.36. The number of hydrogen-bond acceptors (Lipinski definition) is 2. The number of hydrogen-bond donors (Lipinski definition) is 0. The first kappa shape index (κ1) is 12.2. The minimum Gasteiger partial charge on any atom is -0.341 e. The molecule has 1 spiro atoms. The number of benzene rings is 1. The normalized spacial score (nSPS) is 25.3. The minimum absolute atomic E-state index is 0.125. The predicted octanol–water partition coefficient (Wildman–Crippen LogP) is 1.54. The van der Waals surface area contributed by atoms with Crippen molar-refractivity contribution in [2.45, 2.75) is 25.2 Å². The van der Waals surface area contributed by atoms with Crippen LogP contribution >= 0.6 is 0 Å². The maximum absolute atomic E-state index is 12.6. The van der Waals surface area contributed by atoms with Gasteiger partial charge in [-0.15, -0.1) is 0 Å². The Labute approximate surface area is 113 Å². The summed E-state index contributed by atoms with van der Waals surface area (Å²) in [5.74, 6) is 0.261. The molecule has 3 rings (SSSR count). The first-order valence-corrected chi connectivity index (χ1v) is 6.75. The lowest BCUT2D eigenvalue weighted by atomic mass is 9.81. The van der Waals surface area contributed by atoms with Crippen LogP contribution in [0.25, 0.3) is 0 Å². The van der Waals surface area contributed by atoms with Crippen LogP contribution in [0.4, 0.5) is 5.69 Å². The number of anilines is 1. The van der Waals surface area contributed by atoms with Crippen LogP contribution in [0.15, 0.2) is 24.3 Å². The molecule has 100 valence electrons. The third kappa shape index (κ3) is 1.52. The Morgan fingerprint density at radius 3 is 2.84 bits per heavy atom. The van der Waals surface area contributed by atoms with E-state index in [1.807, 2.05) is 43.1 Å². The van der Waals surface area contributed by atoms with Gasteiger partial charge in [0.2, 0.25) is 11.8 Å². The molecule has 2 amide bonds. The van der Waals surface area contributed by atoms with E-state index in [4.69, 9.17) is 0 Å². The second kappa shape index (κ2) is 4.08. The molecule has 0 aliphatic carbocycles. The van der Waals surface area contributed by atoms with Gasteiger partial charge in [0.25, 0.3) is 0 Å². The summed E-state index contributed by atoms with van der Waals surface area (Å²) >= 11 is 0. The summed E-state index contributed by atoms with van der Waals surface area (Å²) in [5.41, 5.74) is 1.56. The van der Waals surface area contributed by atoms with Crippen molar-refractivity contribution in [2.75, 3.05) is 25.0 Å². The van der Waals surface area contributed by atoms with Gasteiger partial charge in [-0.25, -0.2) is 0 Å². The largest absolute Gasteiger partial charge is 0.341 e. The Hall–Kier alpha value is -1.84. The topological polar surface area (TPSA) is 40.6 Å². The van der Waals surface area contributed by atoms with E-state index in [-0.39, 0.29) is 11.8 Å². The Kier molecular flexibility index (Phi) is 2.62. The quantitative estimate of drug-likeness (QED) is 0.766. The van der Waals surface area contributed by atoms with Crippen LogP contribution in [0.2, 0.25) is 0 Å². The number of fused-ring (bicyclic) bond motifs is 2. The lowest BCUT2D eigenvalue weighted by Crippen LogP contribution is -2.42. The summed E-state index contributed by atoms with van der Waals surface area (Å²) in [4.78, 5) is 28.0. The van der Waals surface area contributed by atoms with Gasteiger partial charge in [-0.2, -0.15) is 0 Å². The van der Waals surface area contributed by atoms with E-state index >= 15 is 0 Å². The summed E-state index contributed by atoms with van der Waals surface area (Å²) in [6.07, 6.45) is 1.24. The molecule has 1 atom stereocenters.